The number of nitro groups is 1. The molecule has 0 bridgehead atoms. The summed E-state index contributed by atoms with van der Waals surface area (Å²) in [6.45, 7) is 2.49. The van der Waals surface area contributed by atoms with Crippen LogP contribution in [0.3, 0.4) is 0 Å². The van der Waals surface area contributed by atoms with Gasteiger partial charge in [0.2, 0.25) is 0 Å². The number of hydrogen-bond donors (Lipinski definition) is 2. The summed E-state index contributed by atoms with van der Waals surface area (Å²) in [5.74, 6) is 0.664. The summed E-state index contributed by atoms with van der Waals surface area (Å²) in [6.07, 6.45) is 1.51. The molecule has 0 saturated heterocycles. The van der Waals surface area contributed by atoms with Crippen LogP contribution in [-0.4, -0.2) is 28.6 Å². The van der Waals surface area contributed by atoms with Crippen LogP contribution in [0.2, 0.25) is 5.02 Å². The molecule has 10 nitrogen and oxygen atoms in total. The molecule has 0 aliphatic rings. The van der Waals surface area contributed by atoms with Gasteiger partial charge in [-0.15, -0.1) is 11.3 Å². The van der Waals surface area contributed by atoms with E-state index < -0.39 is 4.92 Å². The van der Waals surface area contributed by atoms with Crippen molar-refractivity contribution in [3.05, 3.63) is 128 Å². The summed E-state index contributed by atoms with van der Waals surface area (Å²) in [5.41, 5.74) is 7.05. The highest BCUT2D eigenvalue weighted by Crippen LogP contribution is 2.30. The number of amides is 1. The Bertz CT molecular complexity index is 1770. The first kappa shape index (κ1) is 30.2. The first-order valence-electron chi connectivity index (χ1n) is 13.4. The predicted molar refractivity (Wildman–Crippen MR) is 172 cm³/mol. The molecule has 222 valence electrons. The Hall–Kier alpha value is -5.26. The number of thiazole rings is 1. The van der Waals surface area contributed by atoms with E-state index in [0.29, 0.717) is 34.3 Å². The van der Waals surface area contributed by atoms with Gasteiger partial charge in [-0.1, -0.05) is 23.7 Å². The molecule has 0 unspecified atom stereocenters. The first-order valence-corrected chi connectivity index (χ1v) is 14.7. The van der Waals surface area contributed by atoms with Gasteiger partial charge in [-0.2, -0.15) is 5.10 Å². The molecule has 0 fully saturated rings. The number of nitro benzene ring substituents is 1. The first-order chi connectivity index (χ1) is 21.4. The second kappa shape index (κ2) is 14.3. The van der Waals surface area contributed by atoms with Crippen molar-refractivity contribution in [3.8, 4) is 22.8 Å². The zero-order valence-electron chi connectivity index (χ0n) is 23.4. The van der Waals surface area contributed by atoms with Crippen LogP contribution in [0.1, 0.15) is 28.4 Å². The smallest absolute Gasteiger partial charge is 0.271 e. The molecule has 0 spiro atoms. The maximum Gasteiger partial charge on any atom is 0.271 e. The molecule has 12 heteroatoms. The summed E-state index contributed by atoms with van der Waals surface area (Å²) >= 11 is 7.43. The van der Waals surface area contributed by atoms with Gasteiger partial charge in [0.1, 0.15) is 6.61 Å². The fourth-order valence-electron chi connectivity index (χ4n) is 4.01. The van der Waals surface area contributed by atoms with Gasteiger partial charge in [0, 0.05) is 39.3 Å². The average molecular weight is 628 g/mol. The number of benzene rings is 4. The zero-order valence-corrected chi connectivity index (χ0v) is 25.0. The van der Waals surface area contributed by atoms with E-state index in [-0.39, 0.29) is 18.2 Å². The van der Waals surface area contributed by atoms with Crippen LogP contribution in [-0.2, 0) is 6.61 Å². The van der Waals surface area contributed by atoms with Gasteiger partial charge in [-0.25, -0.2) is 10.4 Å². The molecule has 0 atom stereocenters. The van der Waals surface area contributed by atoms with Gasteiger partial charge >= 0.3 is 0 Å². The van der Waals surface area contributed by atoms with E-state index in [4.69, 9.17) is 21.1 Å². The number of aromatic nitrogens is 1. The monoisotopic (exact) mass is 627 g/mol. The molecule has 0 saturated carbocycles. The van der Waals surface area contributed by atoms with E-state index in [2.05, 4.69) is 20.8 Å². The van der Waals surface area contributed by atoms with Gasteiger partial charge in [0.15, 0.2) is 16.6 Å². The molecule has 5 rings (SSSR count). The number of carbonyl (C=O) groups excluding carboxylic acids is 1. The average Bonchev–Trinajstić information content (AvgIpc) is 3.50. The minimum Gasteiger partial charge on any atom is -0.490 e. The Morgan fingerprint density at radius 1 is 1.00 bits per heavy atom. The molecular formula is C32H26ClN5O5S. The van der Waals surface area contributed by atoms with Crippen molar-refractivity contribution in [2.45, 2.75) is 13.5 Å². The van der Waals surface area contributed by atoms with Crippen LogP contribution in [0.15, 0.2) is 101 Å². The van der Waals surface area contributed by atoms with Gasteiger partial charge in [0.25, 0.3) is 11.6 Å². The number of ether oxygens (including phenoxy) is 2. The number of carbonyl (C=O) groups is 1. The fourth-order valence-corrected chi connectivity index (χ4v) is 4.88. The lowest BCUT2D eigenvalue weighted by Gasteiger charge is -2.12. The highest BCUT2D eigenvalue weighted by molar-refractivity contribution is 7.14. The van der Waals surface area contributed by atoms with E-state index in [0.717, 1.165) is 27.6 Å². The molecule has 4 aromatic carbocycles. The Labute approximate surface area is 262 Å². The van der Waals surface area contributed by atoms with E-state index in [1.165, 1.54) is 29.7 Å². The summed E-state index contributed by atoms with van der Waals surface area (Å²) in [4.78, 5) is 27.7. The van der Waals surface area contributed by atoms with Crippen molar-refractivity contribution in [2.24, 2.45) is 5.10 Å². The number of non-ortho nitro benzene ring substituents is 1. The van der Waals surface area contributed by atoms with Crippen molar-refractivity contribution < 1.29 is 19.2 Å². The zero-order chi connectivity index (χ0) is 30.9. The highest BCUT2D eigenvalue weighted by atomic mass is 35.5. The lowest BCUT2D eigenvalue weighted by Crippen LogP contribution is -2.17. The number of nitrogens with zero attached hydrogens (tertiary/aromatic N) is 3. The van der Waals surface area contributed by atoms with E-state index >= 15 is 0 Å². The van der Waals surface area contributed by atoms with Gasteiger partial charge in [-0.05, 0) is 84.8 Å². The lowest BCUT2D eigenvalue weighted by molar-refractivity contribution is -0.384. The van der Waals surface area contributed by atoms with Crippen LogP contribution in [0.25, 0.3) is 11.3 Å². The Morgan fingerprint density at radius 2 is 1.75 bits per heavy atom. The summed E-state index contributed by atoms with van der Waals surface area (Å²) in [5, 5.41) is 21.6. The molecule has 2 N–H and O–H groups in total. The molecule has 0 radical (unpaired) electrons. The third-order valence-electron chi connectivity index (χ3n) is 6.23. The SMILES string of the molecule is CCOc1cc(/C=N\NC(=O)c2ccc(-c3csc(Nc4ccc(Cl)cc4)n3)cc2)ccc1OCc1ccc([N+](=O)[O-])cc1. The number of hydrogen-bond acceptors (Lipinski definition) is 9. The largest absolute Gasteiger partial charge is 0.490 e. The van der Waals surface area contributed by atoms with Gasteiger partial charge in [0.05, 0.1) is 23.4 Å². The van der Waals surface area contributed by atoms with Gasteiger partial charge < -0.3 is 14.8 Å². The number of anilines is 2. The summed E-state index contributed by atoms with van der Waals surface area (Å²) in [6, 6.07) is 25.9. The molecule has 1 heterocycles. The Balaban J connectivity index is 1.16. The lowest BCUT2D eigenvalue weighted by atomic mass is 10.1. The minimum atomic E-state index is -0.446. The van der Waals surface area contributed by atoms with Crippen LogP contribution in [0.4, 0.5) is 16.5 Å². The molecule has 1 amide bonds. The maximum atomic E-state index is 12.7. The van der Waals surface area contributed by atoms with E-state index in [1.54, 1.807) is 42.5 Å². The van der Waals surface area contributed by atoms with Crippen LogP contribution in [0, 0.1) is 10.1 Å². The Morgan fingerprint density at radius 3 is 2.45 bits per heavy atom. The third kappa shape index (κ3) is 7.97. The molecule has 5 aromatic rings. The molecule has 44 heavy (non-hydrogen) atoms. The Kier molecular flexibility index (Phi) is 9.80. The van der Waals surface area contributed by atoms with Crippen molar-refractivity contribution in [2.75, 3.05) is 11.9 Å². The summed E-state index contributed by atoms with van der Waals surface area (Å²) < 4.78 is 11.6. The number of nitrogens with one attached hydrogen (secondary N) is 2. The molecule has 1 aromatic heterocycles. The normalized spacial score (nSPS) is 10.9. The van der Waals surface area contributed by atoms with E-state index in [1.807, 2.05) is 48.7 Å². The molecule has 0 aliphatic heterocycles. The van der Waals surface area contributed by atoms with Crippen LogP contribution < -0.4 is 20.2 Å². The highest BCUT2D eigenvalue weighted by Gasteiger charge is 2.10. The topological polar surface area (TPSA) is 128 Å². The van der Waals surface area contributed by atoms with Crippen molar-refractivity contribution >= 4 is 51.6 Å². The molecule has 0 aliphatic carbocycles. The van der Waals surface area contributed by atoms with Gasteiger partial charge in [-0.3, -0.25) is 14.9 Å². The van der Waals surface area contributed by atoms with Crippen LogP contribution >= 0.6 is 22.9 Å². The standard InChI is InChI=1S/C32H26ClN5O5S/c1-2-42-30-17-22(5-16-29(30)43-19-21-3-14-27(15-4-21)38(40)41)18-34-37-31(39)24-8-6-23(7-9-24)28-20-44-32(36-28)35-26-12-10-25(33)11-13-26/h3-18,20H,2,19H2,1H3,(H,35,36)(H,37,39)/b34-18-. The number of hydrazone groups is 1. The second-order valence-corrected chi connectivity index (χ2v) is 10.6. The second-order valence-electron chi connectivity index (χ2n) is 9.30. The fraction of sp³-hybridized carbons (Fsp3) is 0.0938. The maximum absolute atomic E-state index is 12.7. The van der Waals surface area contributed by atoms with Crippen molar-refractivity contribution in [1.29, 1.82) is 0 Å². The van der Waals surface area contributed by atoms with Crippen molar-refractivity contribution in [3.63, 3.8) is 0 Å². The van der Waals surface area contributed by atoms with E-state index in [9.17, 15) is 14.9 Å². The minimum absolute atomic E-state index is 0.0186. The predicted octanol–water partition coefficient (Wildman–Crippen LogP) is 7.86. The quantitative estimate of drug-likeness (QED) is 0.0818. The summed E-state index contributed by atoms with van der Waals surface area (Å²) in [7, 11) is 0. The number of rotatable bonds is 12. The number of halogens is 1. The van der Waals surface area contributed by atoms with Crippen molar-refractivity contribution in [1.82, 2.24) is 10.4 Å². The molecular weight excluding hydrogens is 602 g/mol. The van der Waals surface area contributed by atoms with Crippen LogP contribution in [0.5, 0.6) is 11.5 Å². The third-order valence-corrected chi connectivity index (χ3v) is 7.24.